The maximum atomic E-state index is 11.3. The van der Waals surface area contributed by atoms with E-state index in [1.165, 1.54) is 0 Å². The molecule has 0 aliphatic carbocycles. The summed E-state index contributed by atoms with van der Waals surface area (Å²) in [4.78, 5) is 11.3. The molecule has 1 rings (SSSR count). The standard InChI is InChI=1S/C13H13NO2/c1-2-16-13(15)12(10-14)9-8-11-6-4-3-5-7-11/h3-7,9H,2,8H2,1H3/b12-9+. The van der Waals surface area contributed by atoms with Crippen molar-refractivity contribution < 1.29 is 9.53 Å². The largest absolute Gasteiger partial charge is 0.462 e. The van der Waals surface area contributed by atoms with Crippen molar-refractivity contribution in [3.05, 3.63) is 47.5 Å². The topological polar surface area (TPSA) is 50.1 Å². The Labute approximate surface area is 95.0 Å². The van der Waals surface area contributed by atoms with Crippen molar-refractivity contribution >= 4 is 5.97 Å². The molecule has 0 aliphatic heterocycles. The van der Waals surface area contributed by atoms with Crippen molar-refractivity contribution in [3.8, 4) is 6.07 Å². The SMILES string of the molecule is CCOC(=O)/C(C#N)=C/Cc1ccccc1. The Morgan fingerprint density at radius 2 is 2.12 bits per heavy atom. The molecule has 0 aromatic heterocycles. The normalized spacial score (nSPS) is 10.6. The quantitative estimate of drug-likeness (QED) is 0.439. The van der Waals surface area contributed by atoms with Gasteiger partial charge in [-0.15, -0.1) is 0 Å². The minimum Gasteiger partial charge on any atom is -0.462 e. The lowest BCUT2D eigenvalue weighted by Crippen LogP contribution is -2.06. The maximum absolute atomic E-state index is 11.3. The molecule has 0 amide bonds. The zero-order valence-corrected chi connectivity index (χ0v) is 9.14. The summed E-state index contributed by atoms with van der Waals surface area (Å²) in [7, 11) is 0. The fourth-order valence-corrected chi connectivity index (χ4v) is 1.22. The van der Waals surface area contributed by atoms with E-state index in [4.69, 9.17) is 10.00 Å². The molecule has 16 heavy (non-hydrogen) atoms. The average Bonchev–Trinajstić information content (AvgIpc) is 2.31. The first-order valence-corrected chi connectivity index (χ1v) is 5.09. The van der Waals surface area contributed by atoms with E-state index in [-0.39, 0.29) is 12.2 Å². The van der Waals surface area contributed by atoms with Crippen LogP contribution in [0.15, 0.2) is 42.0 Å². The molecule has 1 aromatic carbocycles. The zero-order chi connectivity index (χ0) is 11.8. The molecule has 0 N–H and O–H groups in total. The van der Waals surface area contributed by atoms with E-state index in [1.807, 2.05) is 36.4 Å². The van der Waals surface area contributed by atoms with Crippen molar-refractivity contribution in [2.45, 2.75) is 13.3 Å². The molecule has 0 saturated carbocycles. The van der Waals surface area contributed by atoms with Crippen LogP contribution < -0.4 is 0 Å². The molecule has 0 unspecified atom stereocenters. The average molecular weight is 215 g/mol. The summed E-state index contributed by atoms with van der Waals surface area (Å²) >= 11 is 0. The van der Waals surface area contributed by atoms with E-state index in [1.54, 1.807) is 13.0 Å². The van der Waals surface area contributed by atoms with Crippen LogP contribution in [0.4, 0.5) is 0 Å². The van der Waals surface area contributed by atoms with Crippen LogP contribution in [-0.4, -0.2) is 12.6 Å². The number of esters is 1. The Hall–Kier alpha value is -2.08. The Morgan fingerprint density at radius 3 is 2.69 bits per heavy atom. The van der Waals surface area contributed by atoms with Crippen LogP contribution in [-0.2, 0) is 16.0 Å². The van der Waals surface area contributed by atoms with Crippen molar-refractivity contribution in [3.63, 3.8) is 0 Å². The van der Waals surface area contributed by atoms with E-state index in [2.05, 4.69) is 0 Å². The van der Waals surface area contributed by atoms with Gasteiger partial charge in [-0.25, -0.2) is 4.79 Å². The third-order valence-corrected chi connectivity index (χ3v) is 2.00. The highest BCUT2D eigenvalue weighted by Gasteiger charge is 2.08. The Bertz CT molecular complexity index is 415. The van der Waals surface area contributed by atoms with Gasteiger partial charge in [-0.1, -0.05) is 36.4 Å². The number of carbonyl (C=O) groups excluding carboxylic acids is 1. The van der Waals surface area contributed by atoms with Gasteiger partial charge in [0.15, 0.2) is 0 Å². The van der Waals surface area contributed by atoms with Crippen LogP contribution in [0.2, 0.25) is 0 Å². The van der Waals surface area contributed by atoms with E-state index >= 15 is 0 Å². The lowest BCUT2D eigenvalue weighted by Gasteiger charge is -1.99. The first kappa shape index (κ1) is 12.0. The van der Waals surface area contributed by atoms with Gasteiger partial charge in [0.25, 0.3) is 0 Å². The first-order valence-electron chi connectivity index (χ1n) is 5.09. The molecular weight excluding hydrogens is 202 g/mol. The maximum Gasteiger partial charge on any atom is 0.348 e. The molecule has 0 spiro atoms. The van der Waals surface area contributed by atoms with E-state index < -0.39 is 5.97 Å². The van der Waals surface area contributed by atoms with Crippen molar-refractivity contribution in [1.29, 1.82) is 5.26 Å². The number of allylic oxidation sites excluding steroid dienone is 1. The number of benzene rings is 1. The Morgan fingerprint density at radius 1 is 1.44 bits per heavy atom. The number of hydrogen-bond donors (Lipinski definition) is 0. The van der Waals surface area contributed by atoms with Gasteiger partial charge >= 0.3 is 5.97 Å². The summed E-state index contributed by atoms with van der Waals surface area (Å²) in [6, 6.07) is 11.5. The summed E-state index contributed by atoms with van der Waals surface area (Å²) in [5.74, 6) is -0.555. The molecule has 0 fully saturated rings. The fraction of sp³-hybridized carbons (Fsp3) is 0.231. The van der Waals surface area contributed by atoms with Gasteiger partial charge in [-0.3, -0.25) is 0 Å². The third-order valence-electron chi connectivity index (χ3n) is 2.00. The first-order chi connectivity index (χ1) is 7.77. The zero-order valence-electron chi connectivity index (χ0n) is 9.14. The minimum atomic E-state index is -0.555. The van der Waals surface area contributed by atoms with Gasteiger partial charge in [0, 0.05) is 0 Å². The van der Waals surface area contributed by atoms with Gasteiger partial charge in [0.1, 0.15) is 11.6 Å². The molecule has 3 nitrogen and oxygen atoms in total. The predicted octanol–water partition coefficient (Wildman–Crippen LogP) is 2.24. The molecule has 0 bridgehead atoms. The third kappa shape index (κ3) is 3.58. The summed E-state index contributed by atoms with van der Waals surface area (Å²) in [6.07, 6.45) is 2.15. The summed E-state index contributed by atoms with van der Waals surface area (Å²) in [5.41, 5.74) is 1.12. The van der Waals surface area contributed by atoms with Gasteiger partial charge < -0.3 is 4.74 Å². The molecule has 0 saturated heterocycles. The molecular formula is C13H13NO2. The van der Waals surface area contributed by atoms with Crippen LogP contribution >= 0.6 is 0 Å². The lowest BCUT2D eigenvalue weighted by molar-refractivity contribution is -0.138. The number of carbonyl (C=O) groups is 1. The van der Waals surface area contributed by atoms with Gasteiger partial charge in [-0.05, 0) is 18.9 Å². The second-order valence-electron chi connectivity index (χ2n) is 3.14. The number of nitrogens with zero attached hydrogens (tertiary/aromatic N) is 1. The summed E-state index contributed by atoms with van der Waals surface area (Å²) < 4.78 is 4.75. The number of nitriles is 1. The van der Waals surface area contributed by atoms with Crippen LogP contribution in [0.3, 0.4) is 0 Å². The van der Waals surface area contributed by atoms with E-state index in [0.29, 0.717) is 6.42 Å². The second kappa shape index (κ2) is 6.41. The Balaban J connectivity index is 2.68. The van der Waals surface area contributed by atoms with Crippen molar-refractivity contribution in [2.24, 2.45) is 0 Å². The molecule has 3 heteroatoms. The smallest absolute Gasteiger partial charge is 0.348 e. The molecule has 0 radical (unpaired) electrons. The van der Waals surface area contributed by atoms with E-state index in [0.717, 1.165) is 5.56 Å². The monoisotopic (exact) mass is 215 g/mol. The number of hydrogen-bond acceptors (Lipinski definition) is 3. The number of rotatable bonds is 4. The highest BCUT2D eigenvalue weighted by atomic mass is 16.5. The minimum absolute atomic E-state index is 0.0608. The molecule has 0 heterocycles. The van der Waals surface area contributed by atoms with Gasteiger partial charge in [-0.2, -0.15) is 5.26 Å². The summed E-state index contributed by atoms with van der Waals surface area (Å²) in [6.45, 7) is 1.99. The Kier molecular flexibility index (Phi) is 4.81. The predicted molar refractivity (Wildman–Crippen MR) is 60.5 cm³/mol. The van der Waals surface area contributed by atoms with E-state index in [9.17, 15) is 4.79 Å². The molecule has 0 aliphatic rings. The molecule has 0 atom stereocenters. The second-order valence-corrected chi connectivity index (χ2v) is 3.14. The lowest BCUT2D eigenvalue weighted by atomic mass is 10.1. The van der Waals surface area contributed by atoms with Crippen LogP contribution in [0.5, 0.6) is 0 Å². The summed E-state index contributed by atoms with van der Waals surface area (Å²) in [5, 5.41) is 8.78. The van der Waals surface area contributed by atoms with Crippen molar-refractivity contribution in [1.82, 2.24) is 0 Å². The highest BCUT2D eigenvalue weighted by molar-refractivity contribution is 5.92. The molecule has 82 valence electrons. The van der Waals surface area contributed by atoms with Crippen LogP contribution in [0, 0.1) is 11.3 Å². The van der Waals surface area contributed by atoms with Gasteiger partial charge in [0.2, 0.25) is 0 Å². The molecule has 1 aromatic rings. The van der Waals surface area contributed by atoms with Crippen LogP contribution in [0.1, 0.15) is 12.5 Å². The number of ether oxygens (including phenoxy) is 1. The van der Waals surface area contributed by atoms with Gasteiger partial charge in [0.05, 0.1) is 6.61 Å². The fourth-order valence-electron chi connectivity index (χ4n) is 1.22. The van der Waals surface area contributed by atoms with Crippen LogP contribution in [0.25, 0.3) is 0 Å². The highest BCUT2D eigenvalue weighted by Crippen LogP contribution is 2.04. The van der Waals surface area contributed by atoms with Crippen molar-refractivity contribution in [2.75, 3.05) is 6.61 Å².